The molecule has 2 aromatic rings. The van der Waals surface area contributed by atoms with Crippen molar-refractivity contribution in [3.63, 3.8) is 0 Å². The first-order chi connectivity index (χ1) is 12.7. The highest BCUT2D eigenvalue weighted by Gasteiger charge is 2.23. The third-order valence-corrected chi connectivity index (χ3v) is 5.49. The fourth-order valence-electron chi connectivity index (χ4n) is 2.73. The van der Waals surface area contributed by atoms with Crippen LogP contribution in [0.4, 0.5) is 5.69 Å². The largest absolute Gasteiger partial charge is 0.492 e. The van der Waals surface area contributed by atoms with E-state index in [0.29, 0.717) is 12.4 Å². The zero-order valence-electron chi connectivity index (χ0n) is 15.9. The molecule has 0 heterocycles. The van der Waals surface area contributed by atoms with Gasteiger partial charge in [-0.15, -0.1) is 0 Å². The maximum atomic E-state index is 13.0. The van der Waals surface area contributed by atoms with Crippen LogP contribution >= 0.6 is 0 Å². The van der Waals surface area contributed by atoms with Crippen molar-refractivity contribution in [2.24, 2.45) is 0 Å². The summed E-state index contributed by atoms with van der Waals surface area (Å²) in [5, 5.41) is 8.96. The SMILES string of the molecule is CCCOc1cc(C)c(C(C)C)cc1S(=O)(=O)Nc1ccc(C(=O)O)cc1. The Morgan fingerprint density at radius 2 is 1.81 bits per heavy atom. The van der Waals surface area contributed by atoms with Crippen LogP contribution in [0.2, 0.25) is 0 Å². The molecular weight excluding hydrogens is 366 g/mol. The second kappa shape index (κ2) is 8.43. The molecule has 0 spiro atoms. The number of benzene rings is 2. The molecule has 27 heavy (non-hydrogen) atoms. The topological polar surface area (TPSA) is 92.7 Å². The van der Waals surface area contributed by atoms with E-state index in [4.69, 9.17) is 9.84 Å². The van der Waals surface area contributed by atoms with Crippen molar-refractivity contribution >= 4 is 21.7 Å². The van der Waals surface area contributed by atoms with Gasteiger partial charge in [-0.05, 0) is 66.8 Å². The summed E-state index contributed by atoms with van der Waals surface area (Å²) in [7, 11) is -3.90. The van der Waals surface area contributed by atoms with Crippen LogP contribution in [0, 0.1) is 6.92 Å². The molecule has 2 aromatic carbocycles. The molecule has 0 aromatic heterocycles. The predicted octanol–water partition coefficient (Wildman–Crippen LogP) is 4.41. The quantitative estimate of drug-likeness (QED) is 0.695. The first-order valence-corrected chi connectivity index (χ1v) is 10.3. The van der Waals surface area contributed by atoms with Crippen molar-refractivity contribution in [2.45, 2.75) is 44.9 Å². The van der Waals surface area contributed by atoms with Crippen molar-refractivity contribution in [1.82, 2.24) is 0 Å². The van der Waals surface area contributed by atoms with Crippen LogP contribution in [-0.4, -0.2) is 26.1 Å². The van der Waals surface area contributed by atoms with Gasteiger partial charge in [0, 0.05) is 5.69 Å². The number of ether oxygens (including phenoxy) is 1. The van der Waals surface area contributed by atoms with Crippen LogP contribution in [-0.2, 0) is 10.0 Å². The molecule has 7 heteroatoms. The van der Waals surface area contributed by atoms with E-state index in [2.05, 4.69) is 4.72 Å². The molecular formula is C20H25NO5S. The Morgan fingerprint density at radius 3 is 2.33 bits per heavy atom. The van der Waals surface area contributed by atoms with Gasteiger partial charge in [-0.25, -0.2) is 13.2 Å². The summed E-state index contributed by atoms with van der Waals surface area (Å²) in [5.74, 6) is -0.595. The lowest BCUT2D eigenvalue weighted by atomic mass is 9.98. The first-order valence-electron chi connectivity index (χ1n) is 8.79. The minimum Gasteiger partial charge on any atom is -0.492 e. The van der Waals surface area contributed by atoms with Gasteiger partial charge in [0.15, 0.2) is 0 Å². The molecule has 0 aliphatic rings. The molecule has 0 radical (unpaired) electrons. The highest BCUT2D eigenvalue weighted by Crippen LogP contribution is 2.32. The molecule has 0 bridgehead atoms. The molecule has 0 aliphatic carbocycles. The van der Waals surface area contributed by atoms with Gasteiger partial charge in [0.05, 0.1) is 12.2 Å². The van der Waals surface area contributed by atoms with Gasteiger partial charge in [-0.1, -0.05) is 20.8 Å². The van der Waals surface area contributed by atoms with Crippen molar-refractivity contribution in [3.05, 3.63) is 53.1 Å². The lowest BCUT2D eigenvalue weighted by molar-refractivity contribution is 0.0697. The normalized spacial score (nSPS) is 11.4. The summed E-state index contributed by atoms with van der Waals surface area (Å²) in [6, 6.07) is 8.95. The van der Waals surface area contributed by atoms with E-state index in [1.807, 2.05) is 27.7 Å². The summed E-state index contributed by atoms with van der Waals surface area (Å²) in [6.07, 6.45) is 0.758. The van der Waals surface area contributed by atoms with E-state index >= 15 is 0 Å². The first kappa shape index (κ1) is 20.8. The van der Waals surface area contributed by atoms with E-state index in [9.17, 15) is 13.2 Å². The summed E-state index contributed by atoms with van der Waals surface area (Å²) >= 11 is 0. The second-order valence-electron chi connectivity index (χ2n) is 6.65. The smallest absolute Gasteiger partial charge is 0.335 e. The van der Waals surface area contributed by atoms with Crippen LogP contribution in [0.3, 0.4) is 0 Å². The molecule has 0 saturated carbocycles. The van der Waals surface area contributed by atoms with Gasteiger partial charge in [0.1, 0.15) is 10.6 Å². The van der Waals surface area contributed by atoms with Crippen molar-refractivity contribution in [1.29, 1.82) is 0 Å². The maximum absolute atomic E-state index is 13.0. The van der Waals surface area contributed by atoms with E-state index in [-0.39, 0.29) is 22.1 Å². The van der Waals surface area contributed by atoms with E-state index in [0.717, 1.165) is 17.5 Å². The standard InChI is InChI=1S/C20H25NO5S/c1-5-10-26-18-11-14(4)17(13(2)3)12-19(18)27(24,25)21-16-8-6-15(7-9-16)20(22)23/h6-9,11-13,21H,5,10H2,1-4H3,(H,22,23). The Morgan fingerprint density at radius 1 is 1.19 bits per heavy atom. The Bertz CT molecular complexity index is 918. The molecule has 0 unspecified atom stereocenters. The van der Waals surface area contributed by atoms with Gasteiger partial charge < -0.3 is 9.84 Å². The van der Waals surface area contributed by atoms with Crippen molar-refractivity contribution < 1.29 is 23.1 Å². The number of aromatic carboxylic acids is 1. The van der Waals surface area contributed by atoms with Gasteiger partial charge in [0.25, 0.3) is 10.0 Å². The minimum absolute atomic E-state index is 0.0764. The highest BCUT2D eigenvalue weighted by molar-refractivity contribution is 7.92. The van der Waals surface area contributed by atoms with Gasteiger partial charge in [0.2, 0.25) is 0 Å². The number of nitrogens with one attached hydrogen (secondary N) is 1. The number of rotatable bonds is 8. The highest BCUT2D eigenvalue weighted by atomic mass is 32.2. The second-order valence-corrected chi connectivity index (χ2v) is 8.30. The average Bonchev–Trinajstić information content (AvgIpc) is 2.59. The lowest BCUT2D eigenvalue weighted by Crippen LogP contribution is -2.16. The van der Waals surface area contributed by atoms with E-state index in [1.165, 1.54) is 24.3 Å². The molecule has 0 saturated heterocycles. The lowest BCUT2D eigenvalue weighted by Gasteiger charge is -2.18. The number of carboxylic acids is 1. The molecule has 0 amide bonds. The molecule has 0 atom stereocenters. The van der Waals surface area contributed by atoms with Crippen LogP contribution < -0.4 is 9.46 Å². The van der Waals surface area contributed by atoms with E-state index < -0.39 is 16.0 Å². The zero-order chi connectivity index (χ0) is 20.2. The Hall–Kier alpha value is -2.54. The van der Waals surface area contributed by atoms with E-state index in [1.54, 1.807) is 12.1 Å². The summed E-state index contributed by atoms with van der Waals surface area (Å²) in [6.45, 7) is 8.30. The Kier molecular flexibility index (Phi) is 6.49. The minimum atomic E-state index is -3.90. The number of hydrogen-bond donors (Lipinski definition) is 2. The third kappa shape index (κ3) is 5.01. The Balaban J connectivity index is 2.45. The fraction of sp³-hybridized carbons (Fsp3) is 0.350. The Labute approximate surface area is 160 Å². The molecule has 146 valence electrons. The monoisotopic (exact) mass is 391 g/mol. The predicted molar refractivity (Wildman–Crippen MR) is 105 cm³/mol. The fourth-order valence-corrected chi connectivity index (χ4v) is 3.95. The third-order valence-electron chi connectivity index (χ3n) is 4.09. The van der Waals surface area contributed by atoms with Crippen LogP contribution in [0.25, 0.3) is 0 Å². The number of carbonyl (C=O) groups is 1. The molecule has 2 rings (SSSR count). The maximum Gasteiger partial charge on any atom is 0.335 e. The van der Waals surface area contributed by atoms with Crippen molar-refractivity contribution in [3.8, 4) is 5.75 Å². The van der Waals surface area contributed by atoms with Crippen LogP contribution in [0.5, 0.6) is 5.75 Å². The average molecular weight is 391 g/mol. The van der Waals surface area contributed by atoms with Gasteiger partial charge in [-0.3, -0.25) is 4.72 Å². The molecule has 2 N–H and O–H groups in total. The number of hydrogen-bond acceptors (Lipinski definition) is 4. The van der Waals surface area contributed by atoms with Gasteiger partial charge >= 0.3 is 5.97 Å². The number of sulfonamides is 1. The molecule has 0 fully saturated rings. The number of aryl methyl sites for hydroxylation is 1. The van der Waals surface area contributed by atoms with Crippen LogP contribution in [0.1, 0.15) is 54.6 Å². The van der Waals surface area contributed by atoms with Crippen LogP contribution in [0.15, 0.2) is 41.3 Å². The summed E-state index contributed by atoms with van der Waals surface area (Å²) < 4.78 is 34.1. The number of anilines is 1. The molecule has 6 nitrogen and oxygen atoms in total. The summed E-state index contributed by atoms with van der Waals surface area (Å²) in [5.41, 5.74) is 2.27. The zero-order valence-corrected chi connectivity index (χ0v) is 16.8. The van der Waals surface area contributed by atoms with Crippen molar-refractivity contribution in [2.75, 3.05) is 11.3 Å². The molecule has 0 aliphatic heterocycles. The van der Waals surface area contributed by atoms with Gasteiger partial charge in [-0.2, -0.15) is 0 Å². The summed E-state index contributed by atoms with van der Waals surface area (Å²) in [4.78, 5) is 11.0. The number of carboxylic acid groups (broad SMARTS) is 1.